The summed E-state index contributed by atoms with van der Waals surface area (Å²) in [6.07, 6.45) is 0.484. The molecule has 1 aromatic rings. The summed E-state index contributed by atoms with van der Waals surface area (Å²) >= 11 is 0. The largest absolute Gasteiger partial charge is 0.493 e. The van der Waals surface area contributed by atoms with Crippen LogP contribution >= 0.6 is 0 Å². The number of ether oxygens (including phenoxy) is 2. The standard InChI is InChI=1S/C13H19NO3/c1-5-13(15)14-9(2)10-6-7-11(16-3)12(8-10)17-4/h6-9H,5H2,1-4H3,(H,14,15). The highest BCUT2D eigenvalue weighted by Crippen LogP contribution is 2.29. The Morgan fingerprint density at radius 3 is 2.47 bits per heavy atom. The molecule has 0 aromatic heterocycles. The van der Waals surface area contributed by atoms with Gasteiger partial charge in [-0.15, -0.1) is 0 Å². The molecule has 0 heterocycles. The van der Waals surface area contributed by atoms with Crippen molar-refractivity contribution in [3.63, 3.8) is 0 Å². The van der Waals surface area contributed by atoms with Crippen LogP contribution in [0, 0.1) is 0 Å². The lowest BCUT2D eigenvalue weighted by Gasteiger charge is -2.16. The van der Waals surface area contributed by atoms with E-state index >= 15 is 0 Å². The van der Waals surface area contributed by atoms with E-state index in [2.05, 4.69) is 5.32 Å². The molecule has 1 amide bonds. The summed E-state index contributed by atoms with van der Waals surface area (Å²) in [6.45, 7) is 3.77. The summed E-state index contributed by atoms with van der Waals surface area (Å²) in [6, 6.07) is 5.59. The maximum atomic E-state index is 11.3. The van der Waals surface area contributed by atoms with Crippen LogP contribution in [-0.4, -0.2) is 20.1 Å². The molecule has 4 heteroatoms. The van der Waals surface area contributed by atoms with Crippen molar-refractivity contribution < 1.29 is 14.3 Å². The number of amides is 1. The Morgan fingerprint density at radius 1 is 1.29 bits per heavy atom. The van der Waals surface area contributed by atoms with E-state index in [9.17, 15) is 4.79 Å². The van der Waals surface area contributed by atoms with E-state index in [-0.39, 0.29) is 11.9 Å². The molecule has 1 rings (SSSR count). The normalized spacial score (nSPS) is 11.8. The average molecular weight is 237 g/mol. The second-order valence-corrected chi connectivity index (χ2v) is 3.76. The van der Waals surface area contributed by atoms with Gasteiger partial charge in [-0.25, -0.2) is 0 Å². The second kappa shape index (κ2) is 6.13. The van der Waals surface area contributed by atoms with Crippen LogP contribution in [0.2, 0.25) is 0 Å². The van der Waals surface area contributed by atoms with Crippen molar-refractivity contribution in [3.05, 3.63) is 23.8 Å². The van der Waals surface area contributed by atoms with Gasteiger partial charge < -0.3 is 14.8 Å². The highest BCUT2D eigenvalue weighted by Gasteiger charge is 2.11. The van der Waals surface area contributed by atoms with Gasteiger partial charge in [-0.2, -0.15) is 0 Å². The number of rotatable bonds is 5. The topological polar surface area (TPSA) is 47.6 Å². The quantitative estimate of drug-likeness (QED) is 0.854. The number of hydrogen-bond acceptors (Lipinski definition) is 3. The van der Waals surface area contributed by atoms with Crippen molar-refractivity contribution in [2.75, 3.05) is 14.2 Å². The highest BCUT2D eigenvalue weighted by atomic mass is 16.5. The van der Waals surface area contributed by atoms with Gasteiger partial charge in [0.15, 0.2) is 11.5 Å². The van der Waals surface area contributed by atoms with Gasteiger partial charge in [0.1, 0.15) is 0 Å². The molecule has 1 N–H and O–H groups in total. The number of carbonyl (C=O) groups excluding carboxylic acids is 1. The average Bonchev–Trinajstić information content (AvgIpc) is 2.37. The number of methoxy groups -OCH3 is 2. The Bertz CT molecular complexity index is 390. The summed E-state index contributed by atoms with van der Waals surface area (Å²) < 4.78 is 10.4. The first-order valence-corrected chi connectivity index (χ1v) is 5.63. The molecule has 0 aliphatic heterocycles. The third kappa shape index (κ3) is 3.37. The Labute approximate surface area is 102 Å². The Balaban J connectivity index is 2.87. The fraction of sp³-hybridized carbons (Fsp3) is 0.462. The van der Waals surface area contributed by atoms with Gasteiger partial charge in [-0.05, 0) is 24.6 Å². The SMILES string of the molecule is CCC(=O)NC(C)c1ccc(OC)c(OC)c1. The molecule has 1 atom stereocenters. The van der Waals surface area contributed by atoms with Gasteiger partial charge in [-0.3, -0.25) is 4.79 Å². The van der Waals surface area contributed by atoms with E-state index in [4.69, 9.17) is 9.47 Å². The summed E-state index contributed by atoms with van der Waals surface area (Å²) in [4.78, 5) is 11.3. The van der Waals surface area contributed by atoms with Crippen LogP contribution in [-0.2, 0) is 4.79 Å². The third-order valence-electron chi connectivity index (χ3n) is 2.61. The molecule has 94 valence electrons. The van der Waals surface area contributed by atoms with Gasteiger partial charge in [-0.1, -0.05) is 13.0 Å². The molecule has 0 fully saturated rings. The molecule has 0 saturated heterocycles. The van der Waals surface area contributed by atoms with Crippen molar-refractivity contribution in [1.82, 2.24) is 5.32 Å². The van der Waals surface area contributed by atoms with Crippen molar-refractivity contribution in [1.29, 1.82) is 0 Å². The minimum Gasteiger partial charge on any atom is -0.493 e. The van der Waals surface area contributed by atoms with Crippen molar-refractivity contribution in [2.24, 2.45) is 0 Å². The van der Waals surface area contributed by atoms with Crippen LogP contribution in [0.5, 0.6) is 11.5 Å². The highest BCUT2D eigenvalue weighted by molar-refractivity contribution is 5.76. The predicted molar refractivity (Wildman–Crippen MR) is 66.4 cm³/mol. The lowest BCUT2D eigenvalue weighted by molar-refractivity contribution is -0.121. The van der Waals surface area contributed by atoms with Crippen molar-refractivity contribution >= 4 is 5.91 Å². The second-order valence-electron chi connectivity index (χ2n) is 3.76. The predicted octanol–water partition coefficient (Wildman–Crippen LogP) is 2.29. The Morgan fingerprint density at radius 2 is 1.94 bits per heavy atom. The first-order chi connectivity index (χ1) is 8.12. The first-order valence-electron chi connectivity index (χ1n) is 5.63. The molecule has 1 unspecified atom stereocenters. The molecule has 0 bridgehead atoms. The molecule has 17 heavy (non-hydrogen) atoms. The maximum absolute atomic E-state index is 11.3. The van der Waals surface area contributed by atoms with E-state index in [0.717, 1.165) is 5.56 Å². The minimum atomic E-state index is -0.0396. The lowest BCUT2D eigenvalue weighted by atomic mass is 10.1. The Kier molecular flexibility index (Phi) is 4.82. The monoisotopic (exact) mass is 237 g/mol. The lowest BCUT2D eigenvalue weighted by Crippen LogP contribution is -2.25. The van der Waals surface area contributed by atoms with E-state index in [1.807, 2.05) is 32.0 Å². The zero-order valence-electron chi connectivity index (χ0n) is 10.7. The van der Waals surface area contributed by atoms with E-state index < -0.39 is 0 Å². The van der Waals surface area contributed by atoms with Crippen LogP contribution in [0.15, 0.2) is 18.2 Å². The summed E-state index contributed by atoms with van der Waals surface area (Å²) in [7, 11) is 3.19. The maximum Gasteiger partial charge on any atom is 0.220 e. The van der Waals surface area contributed by atoms with E-state index in [1.165, 1.54) is 0 Å². The molecular weight excluding hydrogens is 218 g/mol. The van der Waals surface area contributed by atoms with Gasteiger partial charge in [0.25, 0.3) is 0 Å². The van der Waals surface area contributed by atoms with Crippen molar-refractivity contribution in [2.45, 2.75) is 26.3 Å². The smallest absolute Gasteiger partial charge is 0.220 e. The molecule has 0 radical (unpaired) electrons. The Hall–Kier alpha value is -1.71. The molecule has 1 aromatic carbocycles. The number of nitrogens with one attached hydrogen (secondary N) is 1. The summed E-state index contributed by atoms with van der Waals surface area (Å²) in [5, 5.41) is 2.90. The zero-order valence-corrected chi connectivity index (χ0v) is 10.7. The van der Waals surface area contributed by atoms with Crippen LogP contribution in [0.4, 0.5) is 0 Å². The van der Waals surface area contributed by atoms with Gasteiger partial charge in [0, 0.05) is 6.42 Å². The number of carbonyl (C=O) groups is 1. The molecule has 0 spiro atoms. The third-order valence-corrected chi connectivity index (χ3v) is 2.61. The summed E-state index contributed by atoms with van der Waals surface area (Å²) in [5.74, 6) is 1.39. The van der Waals surface area contributed by atoms with E-state index in [0.29, 0.717) is 17.9 Å². The van der Waals surface area contributed by atoms with Crippen LogP contribution in [0.1, 0.15) is 31.9 Å². The summed E-state index contributed by atoms with van der Waals surface area (Å²) in [5.41, 5.74) is 0.990. The van der Waals surface area contributed by atoms with Gasteiger partial charge in [0.2, 0.25) is 5.91 Å². The first kappa shape index (κ1) is 13.4. The fourth-order valence-corrected chi connectivity index (χ4v) is 1.55. The zero-order chi connectivity index (χ0) is 12.8. The molecule has 0 saturated carbocycles. The van der Waals surface area contributed by atoms with Gasteiger partial charge in [0.05, 0.1) is 20.3 Å². The molecule has 4 nitrogen and oxygen atoms in total. The molecule has 0 aliphatic carbocycles. The number of benzene rings is 1. The van der Waals surface area contributed by atoms with Gasteiger partial charge >= 0.3 is 0 Å². The van der Waals surface area contributed by atoms with Crippen LogP contribution in [0.25, 0.3) is 0 Å². The molecule has 0 aliphatic rings. The molecular formula is C13H19NO3. The van der Waals surface area contributed by atoms with Crippen LogP contribution < -0.4 is 14.8 Å². The fourth-order valence-electron chi connectivity index (χ4n) is 1.55. The minimum absolute atomic E-state index is 0.0345. The van der Waals surface area contributed by atoms with E-state index in [1.54, 1.807) is 14.2 Å². The van der Waals surface area contributed by atoms with Crippen molar-refractivity contribution in [3.8, 4) is 11.5 Å². The number of hydrogen-bond donors (Lipinski definition) is 1. The van der Waals surface area contributed by atoms with Crippen LogP contribution in [0.3, 0.4) is 0 Å².